The van der Waals surface area contributed by atoms with Crippen LogP contribution >= 0.6 is 0 Å². The summed E-state index contributed by atoms with van der Waals surface area (Å²) in [6.45, 7) is 8.85. The fourth-order valence-electron chi connectivity index (χ4n) is 8.10. The van der Waals surface area contributed by atoms with Gasteiger partial charge in [-0.1, -0.05) is 13.8 Å². The fraction of sp³-hybridized carbons (Fsp3) is 0.955. The summed E-state index contributed by atoms with van der Waals surface area (Å²) < 4.78 is 0. The second-order valence-corrected chi connectivity index (χ2v) is 10.6. The summed E-state index contributed by atoms with van der Waals surface area (Å²) in [6, 6.07) is 0. The lowest BCUT2D eigenvalue weighted by Gasteiger charge is -2.61. The zero-order valence-electron chi connectivity index (χ0n) is 16.1. The highest BCUT2D eigenvalue weighted by atomic mass is 16.3. The van der Waals surface area contributed by atoms with Crippen molar-refractivity contribution in [2.45, 2.75) is 91.1 Å². The lowest BCUT2D eigenvalue weighted by atomic mass is 9.44. The summed E-state index contributed by atoms with van der Waals surface area (Å²) in [5.74, 6) is 3.89. The van der Waals surface area contributed by atoms with E-state index in [0.717, 1.165) is 37.0 Å². The van der Waals surface area contributed by atoms with E-state index < -0.39 is 5.60 Å². The normalized spacial score (nSPS) is 57.0. The Balaban J connectivity index is 1.61. The molecule has 3 unspecified atom stereocenters. The average molecular weight is 333 g/mol. The van der Waals surface area contributed by atoms with Gasteiger partial charge in [-0.15, -0.1) is 0 Å². The van der Waals surface area contributed by atoms with Crippen molar-refractivity contribution in [3.63, 3.8) is 0 Å². The maximum absolute atomic E-state index is 12.2. The molecule has 4 saturated carbocycles. The lowest BCUT2D eigenvalue weighted by molar-refractivity contribution is -0.150. The Kier molecular flexibility index (Phi) is 3.78. The Morgan fingerprint density at radius 2 is 1.58 bits per heavy atom. The topological polar surface area (TPSA) is 37.3 Å². The summed E-state index contributed by atoms with van der Waals surface area (Å²) in [6.07, 6.45) is 10.8. The minimum atomic E-state index is -0.437. The van der Waals surface area contributed by atoms with Gasteiger partial charge >= 0.3 is 0 Å². The Morgan fingerprint density at radius 1 is 0.875 bits per heavy atom. The predicted molar refractivity (Wildman–Crippen MR) is 96.5 cm³/mol. The van der Waals surface area contributed by atoms with Crippen molar-refractivity contribution >= 4 is 5.78 Å². The van der Waals surface area contributed by atoms with Gasteiger partial charge < -0.3 is 5.11 Å². The predicted octanol–water partition coefficient (Wildman–Crippen LogP) is 4.99. The number of aliphatic hydroxyl groups is 1. The molecule has 4 aliphatic rings. The van der Waals surface area contributed by atoms with Gasteiger partial charge in [0.2, 0.25) is 0 Å². The molecular formula is C22H36O2. The largest absolute Gasteiger partial charge is 0.390 e. The molecule has 0 spiro atoms. The molecule has 1 N–H and O–H groups in total. The second kappa shape index (κ2) is 5.32. The van der Waals surface area contributed by atoms with E-state index in [-0.39, 0.29) is 5.41 Å². The molecule has 4 fully saturated rings. The first-order valence-electron chi connectivity index (χ1n) is 10.4. The molecule has 0 bridgehead atoms. The van der Waals surface area contributed by atoms with E-state index in [4.69, 9.17) is 0 Å². The number of rotatable bonds is 1. The number of hydrogen-bond acceptors (Lipinski definition) is 2. The number of fused-ring (bicyclic) bond motifs is 5. The van der Waals surface area contributed by atoms with E-state index in [1.54, 1.807) is 0 Å². The van der Waals surface area contributed by atoms with Crippen molar-refractivity contribution < 1.29 is 9.90 Å². The average Bonchev–Trinajstić information content (AvgIpc) is 2.85. The highest BCUT2D eigenvalue weighted by Gasteiger charge is 2.61. The highest BCUT2D eigenvalue weighted by molar-refractivity contribution is 5.79. The molecular weight excluding hydrogens is 296 g/mol. The Bertz CT molecular complexity index is 538. The van der Waals surface area contributed by atoms with Crippen LogP contribution in [0.25, 0.3) is 0 Å². The van der Waals surface area contributed by atoms with Gasteiger partial charge in [0, 0.05) is 5.92 Å². The fourth-order valence-corrected chi connectivity index (χ4v) is 8.10. The summed E-state index contributed by atoms with van der Waals surface area (Å²) in [5.41, 5.74) is 0.268. The molecule has 8 atom stereocenters. The molecule has 0 aromatic rings. The van der Waals surface area contributed by atoms with Crippen LogP contribution < -0.4 is 0 Å². The van der Waals surface area contributed by atoms with Gasteiger partial charge in [0.15, 0.2) is 0 Å². The van der Waals surface area contributed by atoms with E-state index in [1.165, 1.54) is 38.5 Å². The van der Waals surface area contributed by atoms with E-state index in [1.807, 2.05) is 13.8 Å². The van der Waals surface area contributed by atoms with Gasteiger partial charge in [0.25, 0.3) is 0 Å². The van der Waals surface area contributed by atoms with E-state index in [0.29, 0.717) is 23.0 Å². The molecule has 0 aromatic carbocycles. The third-order valence-electron chi connectivity index (χ3n) is 9.44. The molecule has 0 amide bonds. The van der Waals surface area contributed by atoms with Crippen LogP contribution in [0.4, 0.5) is 0 Å². The first-order valence-corrected chi connectivity index (χ1v) is 10.4. The van der Waals surface area contributed by atoms with Crippen LogP contribution in [-0.4, -0.2) is 16.5 Å². The molecule has 0 aliphatic heterocycles. The number of carbonyl (C=O) groups is 1. The third-order valence-corrected chi connectivity index (χ3v) is 9.44. The highest BCUT2D eigenvalue weighted by Crippen LogP contribution is 2.68. The minimum Gasteiger partial charge on any atom is -0.390 e. The van der Waals surface area contributed by atoms with Crippen molar-refractivity contribution in [1.82, 2.24) is 0 Å². The maximum atomic E-state index is 12.2. The summed E-state index contributed by atoms with van der Waals surface area (Å²) in [4.78, 5) is 12.2. The van der Waals surface area contributed by atoms with Gasteiger partial charge in [0.05, 0.1) is 5.60 Å². The van der Waals surface area contributed by atoms with Gasteiger partial charge in [-0.25, -0.2) is 0 Å². The number of hydrogen-bond donors (Lipinski definition) is 1. The smallest absolute Gasteiger partial charge is 0.133 e. The Hall–Kier alpha value is -0.370. The quantitative estimate of drug-likeness (QED) is 0.735. The molecule has 2 nitrogen and oxygen atoms in total. The molecule has 24 heavy (non-hydrogen) atoms. The van der Waals surface area contributed by atoms with Gasteiger partial charge in [-0.2, -0.15) is 0 Å². The van der Waals surface area contributed by atoms with Crippen LogP contribution in [0.5, 0.6) is 0 Å². The number of ketones is 1. The molecule has 0 aromatic heterocycles. The molecule has 2 heteroatoms. The van der Waals surface area contributed by atoms with Crippen LogP contribution in [0.3, 0.4) is 0 Å². The molecule has 4 rings (SSSR count). The van der Waals surface area contributed by atoms with Gasteiger partial charge in [-0.05, 0) is 106 Å². The van der Waals surface area contributed by atoms with Crippen LogP contribution in [0.1, 0.15) is 85.5 Å². The van der Waals surface area contributed by atoms with E-state index >= 15 is 0 Å². The second-order valence-electron chi connectivity index (χ2n) is 10.6. The van der Waals surface area contributed by atoms with Gasteiger partial charge in [-0.3, -0.25) is 4.79 Å². The number of carbonyl (C=O) groups excluding carboxylic acids is 1. The SMILES string of the molecule is CC(=O)[C@H]1CCC2C3CC[C@@H]4C[C@@](C)(O)CC[C@]4(C)C3CC[C@@]21C. The Morgan fingerprint density at radius 3 is 2.29 bits per heavy atom. The summed E-state index contributed by atoms with van der Waals surface area (Å²) in [7, 11) is 0. The van der Waals surface area contributed by atoms with Crippen molar-refractivity contribution in [1.29, 1.82) is 0 Å². The minimum absolute atomic E-state index is 0.274. The van der Waals surface area contributed by atoms with Crippen LogP contribution in [0.2, 0.25) is 0 Å². The molecule has 0 radical (unpaired) electrons. The molecule has 0 heterocycles. The molecule has 0 saturated heterocycles. The maximum Gasteiger partial charge on any atom is 0.133 e. The number of Topliss-reactive ketones (excluding diaryl/α,β-unsaturated/α-hetero) is 1. The van der Waals surface area contributed by atoms with Crippen molar-refractivity contribution in [2.24, 2.45) is 40.4 Å². The Labute approximate surface area is 147 Å². The zero-order chi connectivity index (χ0) is 17.3. The standard InChI is InChI=1S/C22H36O2/c1-14(23)17-7-8-18-16-6-5-15-13-20(2,24)11-12-21(15,3)19(16)9-10-22(17,18)4/h15-19,24H,5-13H2,1-4H3/t15-,16?,17-,18?,19?,20+,21+,22-/m1/s1. The van der Waals surface area contributed by atoms with Gasteiger partial charge in [0.1, 0.15) is 5.78 Å². The van der Waals surface area contributed by atoms with E-state index in [9.17, 15) is 9.90 Å². The van der Waals surface area contributed by atoms with E-state index in [2.05, 4.69) is 13.8 Å². The van der Waals surface area contributed by atoms with Crippen LogP contribution in [0.15, 0.2) is 0 Å². The summed E-state index contributed by atoms with van der Waals surface area (Å²) in [5, 5.41) is 10.6. The van der Waals surface area contributed by atoms with Crippen molar-refractivity contribution in [3.05, 3.63) is 0 Å². The van der Waals surface area contributed by atoms with Crippen LogP contribution in [0, 0.1) is 40.4 Å². The van der Waals surface area contributed by atoms with Crippen molar-refractivity contribution in [2.75, 3.05) is 0 Å². The van der Waals surface area contributed by atoms with Crippen LogP contribution in [-0.2, 0) is 4.79 Å². The monoisotopic (exact) mass is 332 g/mol. The molecule has 4 aliphatic carbocycles. The van der Waals surface area contributed by atoms with Crippen molar-refractivity contribution in [3.8, 4) is 0 Å². The first kappa shape index (κ1) is 17.1. The third kappa shape index (κ3) is 2.27. The first-order chi connectivity index (χ1) is 11.2. The molecule has 136 valence electrons. The lowest BCUT2D eigenvalue weighted by Crippen LogP contribution is -2.55. The zero-order valence-corrected chi connectivity index (χ0v) is 16.1. The summed E-state index contributed by atoms with van der Waals surface area (Å²) >= 11 is 0.